The first kappa shape index (κ1) is 7.53. The Labute approximate surface area is 64.0 Å². The van der Waals surface area contributed by atoms with E-state index in [9.17, 15) is 10.1 Å². The van der Waals surface area contributed by atoms with Crippen LogP contribution in [0, 0.1) is 10.1 Å². The van der Waals surface area contributed by atoms with Crippen LogP contribution >= 0.6 is 0 Å². The first-order valence-electron chi connectivity index (χ1n) is 3.08. The predicted octanol–water partition coefficient (Wildman–Crippen LogP) is 1.46. The highest BCUT2D eigenvalue weighted by atomic mass is 16.6. The van der Waals surface area contributed by atoms with Crippen LogP contribution in [0.2, 0.25) is 0 Å². The van der Waals surface area contributed by atoms with E-state index in [0.29, 0.717) is 0 Å². The first-order valence-corrected chi connectivity index (χ1v) is 3.08. The average Bonchev–Trinajstić information content (AvgIpc) is 2.05. The Kier molecular flexibility index (Phi) is 2.06. The van der Waals surface area contributed by atoms with Crippen LogP contribution in [-0.4, -0.2) is 12.0 Å². The Morgan fingerprint density at radius 3 is 2.27 bits per heavy atom. The molecule has 0 aliphatic carbocycles. The Bertz CT molecular complexity index is 256. The van der Waals surface area contributed by atoms with Crippen LogP contribution in [0.25, 0.3) is 0 Å². The average molecular weight is 151 g/mol. The van der Waals surface area contributed by atoms with Gasteiger partial charge >= 0.3 is 0 Å². The lowest BCUT2D eigenvalue weighted by Crippen LogP contribution is -1.89. The molecule has 0 unspecified atom stereocenters. The van der Waals surface area contributed by atoms with Crippen molar-refractivity contribution in [1.82, 2.24) is 5.32 Å². The third-order valence-electron chi connectivity index (χ3n) is 1.32. The van der Waals surface area contributed by atoms with Gasteiger partial charge in [-0.15, -0.1) is 0 Å². The van der Waals surface area contributed by atoms with E-state index in [1.54, 1.807) is 19.2 Å². The summed E-state index contributed by atoms with van der Waals surface area (Å²) in [5.41, 5.74) is 0.841. The van der Waals surface area contributed by atoms with Crippen LogP contribution < -0.4 is 5.32 Å². The molecule has 1 radical (unpaired) electrons. The second-order valence-corrected chi connectivity index (χ2v) is 2.00. The minimum absolute atomic E-state index is 0.0948. The van der Waals surface area contributed by atoms with Gasteiger partial charge in [-0.1, -0.05) is 0 Å². The second-order valence-electron chi connectivity index (χ2n) is 2.00. The third kappa shape index (κ3) is 1.67. The van der Waals surface area contributed by atoms with Gasteiger partial charge in [0, 0.05) is 19.2 Å². The molecule has 0 amide bonds. The summed E-state index contributed by atoms with van der Waals surface area (Å²) >= 11 is 0. The van der Waals surface area contributed by atoms with Gasteiger partial charge in [0.2, 0.25) is 0 Å². The maximum atomic E-state index is 10.2. The molecular formula is C7H7N2O2. The van der Waals surface area contributed by atoms with Crippen molar-refractivity contribution in [2.24, 2.45) is 0 Å². The number of non-ortho nitro benzene ring substituents is 1. The number of benzene rings is 1. The second kappa shape index (κ2) is 3.01. The van der Waals surface area contributed by atoms with Gasteiger partial charge in [-0.2, -0.15) is 0 Å². The molecule has 0 spiro atoms. The van der Waals surface area contributed by atoms with E-state index in [0.717, 1.165) is 5.69 Å². The molecule has 11 heavy (non-hydrogen) atoms. The number of hydrogen-bond donors (Lipinski definition) is 0. The smallest absolute Gasteiger partial charge is 0.269 e. The number of hydrogen-bond acceptors (Lipinski definition) is 2. The van der Waals surface area contributed by atoms with E-state index in [4.69, 9.17) is 0 Å². The molecule has 0 heterocycles. The molecule has 4 heteroatoms. The molecular weight excluding hydrogens is 144 g/mol. The summed E-state index contributed by atoms with van der Waals surface area (Å²) in [6.07, 6.45) is 0. The SMILES string of the molecule is C[N]c1ccc([N+](=O)[O-])cc1. The van der Waals surface area contributed by atoms with Gasteiger partial charge in [-0.05, 0) is 12.1 Å². The summed E-state index contributed by atoms with van der Waals surface area (Å²) in [7, 11) is 1.64. The normalized spacial score (nSPS) is 9.18. The van der Waals surface area contributed by atoms with Crippen molar-refractivity contribution in [3.05, 3.63) is 34.4 Å². The van der Waals surface area contributed by atoms with E-state index in [1.165, 1.54) is 12.1 Å². The maximum absolute atomic E-state index is 10.2. The zero-order valence-corrected chi connectivity index (χ0v) is 6.02. The summed E-state index contributed by atoms with van der Waals surface area (Å²) in [5, 5.41) is 14.0. The van der Waals surface area contributed by atoms with Gasteiger partial charge in [0.25, 0.3) is 5.69 Å². The largest absolute Gasteiger partial charge is 0.289 e. The van der Waals surface area contributed by atoms with Gasteiger partial charge in [0.15, 0.2) is 0 Å². The number of rotatable bonds is 2. The van der Waals surface area contributed by atoms with Crippen molar-refractivity contribution in [3.8, 4) is 0 Å². The van der Waals surface area contributed by atoms with Crippen molar-refractivity contribution in [2.45, 2.75) is 0 Å². The minimum Gasteiger partial charge on any atom is -0.289 e. The topological polar surface area (TPSA) is 57.2 Å². The van der Waals surface area contributed by atoms with E-state index in [-0.39, 0.29) is 5.69 Å². The highest BCUT2D eigenvalue weighted by Crippen LogP contribution is 2.14. The molecule has 57 valence electrons. The number of nitrogens with zero attached hydrogens (tertiary/aromatic N) is 2. The molecule has 0 aliphatic rings. The van der Waals surface area contributed by atoms with E-state index in [2.05, 4.69) is 5.32 Å². The fraction of sp³-hybridized carbons (Fsp3) is 0.143. The van der Waals surface area contributed by atoms with Gasteiger partial charge in [-0.3, -0.25) is 15.4 Å². The van der Waals surface area contributed by atoms with E-state index in [1.807, 2.05) is 0 Å². The monoisotopic (exact) mass is 151 g/mol. The van der Waals surface area contributed by atoms with Gasteiger partial charge in [0.1, 0.15) is 0 Å². The molecule has 0 fully saturated rings. The zero-order chi connectivity index (χ0) is 8.27. The first-order chi connectivity index (χ1) is 5.24. The highest BCUT2D eigenvalue weighted by Gasteiger charge is 2.02. The summed E-state index contributed by atoms with van der Waals surface area (Å²) < 4.78 is 0. The van der Waals surface area contributed by atoms with Crippen LogP contribution in [-0.2, 0) is 0 Å². The molecule has 1 rings (SSSR count). The van der Waals surface area contributed by atoms with Crippen molar-refractivity contribution in [3.63, 3.8) is 0 Å². The molecule has 0 saturated carbocycles. The van der Waals surface area contributed by atoms with Crippen molar-refractivity contribution in [1.29, 1.82) is 0 Å². The fourth-order valence-corrected chi connectivity index (χ4v) is 0.723. The molecule has 0 N–H and O–H groups in total. The Morgan fingerprint density at radius 2 is 1.91 bits per heavy atom. The lowest BCUT2D eigenvalue weighted by molar-refractivity contribution is -0.384. The molecule has 0 aromatic heterocycles. The summed E-state index contributed by atoms with van der Waals surface area (Å²) in [4.78, 5) is 9.74. The van der Waals surface area contributed by atoms with Crippen molar-refractivity contribution >= 4 is 11.4 Å². The summed E-state index contributed by atoms with van der Waals surface area (Å²) in [6.45, 7) is 0. The van der Waals surface area contributed by atoms with Crippen LogP contribution in [0.3, 0.4) is 0 Å². The number of nitro benzene ring substituents is 1. The van der Waals surface area contributed by atoms with Crippen molar-refractivity contribution in [2.75, 3.05) is 7.05 Å². The third-order valence-corrected chi connectivity index (χ3v) is 1.32. The lowest BCUT2D eigenvalue weighted by Gasteiger charge is -1.94. The summed E-state index contributed by atoms with van der Waals surface area (Å²) in [6, 6.07) is 6.08. The summed E-state index contributed by atoms with van der Waals surface area (Å²) in [5.74, 6) is 0. The molecule has 0 atom stereocenters. The van der Waals surface area contributed by atoms with E-state index >= 15 is 0 Å². The molecule has 1 aromatic rings. The Morgan fingerprint density at radius 1 is 1.36 bits per heavy atom. The van der Waals surface area contributed by atoms with Crippen LogP contribution in [0.15, 0.2) is 24.3 Å². The van der Waals surface area contributed by atoms with Gasteiger partial charge in [0.05, 0.1) is 10.6 Å². The molecule has 0 aliphatic heterocycles. The standard InChI is InChI=1S/C7H7N2O2/c1-8-6-2-4-7(5-3-6)9(10)11/h2-5H,1H3. The Hall–Kier alpha value is -1.58. The molecule has 0 saturated heterocycles. The predicted molar refractivity (Wildman–Crippen MR) is 40.8 cm³/mol. The lowest BCUT2D eigenvalue weighted by atomic mass is 10.3. The quantitative estimate of drug-likeness (QED) is 0.474. The molecule has 0 bridgehead atoms. The number of nitro groups is 1. The van der Waals surface area contributed by atoms with Gasteiger partial charge < -0.3 is 0 Å². The Balaban J connectivity index is 2.91. The van der Waals surface area contributed by atoms with Crippen LogP contribution in [0.5, 0.6) is 0 Å². The molecule has 1 aromatic carbocycles. The minimum atomic E-state index is -0.431. The van der Waals surface area contributed by atoms with Crippen LogP contribution in [0.4, 0.5) is 11.4 Å². The van der Waals surface area contributed by atoms with Gasteiger partial charge in [-0.25, -0.2) is 0 Å². The maximum Gasteiger partial charge on any atom is 0.269 e. The van der Waals surface area contributed by atoms with Crippen molar-refractivity contribution < 1.29 is 4.92 Å². The van der Waals surface area contributed by atoms with E-state index < -0.39 is 4.92 Å². The highest BCUT2D eigenvalue weighted by molar-refractivity contribution is 5.43. The fourth-order valence-electron chi connectivity index (χ4n) is 0.723. The van der Waals surface area contributed by atoms with Crippen LogP contribution in [0.1, 0.15) is 0 Å². The zero-order valence-electron chi connectivity index (χ0n) is 6.02. The molecule has 4 nitrogen and oxygen atoms in total.